The highest BCUT2D eigenvalue weighted by atomic mass is 32.1. The molecular weight excluding hydrogens is 220 g/mol. The monoisotopic (exact) mass is 236 g/mol. The van der Waals surface area contributed by atoms with Crippen LogP contribution in [0.15, 0.2) is 30.3 Å². The Bertz CT molecular complexity index is 346. The second-order valence-corrected chi connectivity index (χ2v) is 4.00. The van der Waals surface area contributed by atoms with Crippen LogP contribution in [0.4, 0.5) is 0 Å². The summed E-state index contributed by atoms with van der Waals surface area (Å²) in [5.74, 6) is 0.0158. The lowest BCUT2D eigenvalue weighted by atomic mass is 10.1. The van der Waals surface area contributed by atoms with Crippen LogP contribution < -0.4 is 0 Å². The van der Waals surface area contributed by atoms with Crippen LogP contribution in [0.1, 0.15) is 36.5 Å². The average Bonchev–Trinajstić information content (AvgIpc) is 2.30. The van der Waals surface area contributed by atoms with E-state index in [2.05, 4.69) is 6.92 Å². The molecule has 86 valence electrons. The van der Waals surface area contributed by atoms with E-state index in [0.717, 1.165) is 12.8 Å². The van der Waals surface area contributed by atoms with E-state index in [1.54, 1.807) is 12.1 Å². The molecule has 0 aliphatic rings. The number of hydrogen-bond donors (Lipinski definition) is 0. The first-order valence-electron chi connectivity index (χ1n) is 5.48. The molecule has 0 saturated heterocycles. The number of ketones is 1. The maximum atomic E-state index is 11.7. The maximum Gasteiger partial charge on any atom is 0.171 e. The number of carbonyl (C=O) groups excluding carboxylic acids is 1. The van der Waals surface area contributed by atoms with Gasteiger partial charge in [-0.05, 0) is 18.6 Å². The fourth-order valence-corrected chi connectivity index (χ4v) is 1.45. The molecule has 0 aliphatic carbocycles. The Morgan fingerprint density at radius 1 is 1.31 bits per heavy atom. The molecule has 0 saturated carbocycles. The molecule has 0 spiro atoms. The van der Waals surface area contributed by atoms with Gasteiger partial charge in [-0.15, -0.1) is 0 Å². The molecule has 1 aromatic rings. The fourth-order valence-electron chi connectivity index (χ4n) is 1.24. The van der Waals surface area contributed by atoms with Crippen molar-refractivity contribution in [3.8, 4) is 0 Å². The van der Waals surface area contributed by atoms with Crippen molar-refractivity contribution in [1.82, 2.24) is 0 Å². The van der Waals surface area contributed by atoms with Gasteiger partial charge < -0.3 is 4.74 Å². The second kappa shape index (κ2) is 7.12. The van der Waals surface area contributed by atoms with Crippen LogP contribution in [-0.4, -0.2) is 17.4 Å². The van der Waals surface area contributed by atoms with Crippen molar-refractivity contribution in [2.24, 2.45) is 0 Å². The van der Waals surface area contributed by atoms with E-state index in [1.807, 2.05) is 18.2 Å². The maximum absolute atomic E-state index is 11.7. The molecular formula is C13H16O2S. The lowest BCUT2D eigenvalue weighted by Crippen LogP contribution is -2.10. The minimum absolute atomic E-state index is 0.0158. The van der Waals surface area contributed by atoms with Gasteiger partial charge in [0.15, 0.2) is 10.8 Å². The van der Waals surface area contributed by atoms with Crippen LogP contribution in [0.5, 0.6) is 0 Å². The van der Waals surface area contributed by atoms with E-state index in [1.165, 1.54) is 0 Å². The molecule has 0 radical (unpaired) electrons. The third kappa shape index (κ3) is 4.53. The first-order chi connectivity index (χ1) is 7.74. The van der Waals surface area contributed by atoms with Crippen LogP contribution >= 0.6 is 12.2 Å². The van der Waals surface area contributed by atoms with E-state index in [-0.39, 0.29) is 12.2 Å². The zero-order valence-electron chi connectivity index (χ0n) is 9.44. The molecule has 0 N–H and O–H groups in total. The van der Waals surface area contributed by atoms with E-state index >= 15 is 0 Å². The van der Waals surface area contributed by atoms with Crippen molar-refractivity contribution >= 4 is 23.1 Å². The van der Waals surface area contributed by atoms with E-state index in [0.29, 0.717) is 17.2 Å². The van der Waals surface area contributed by atoms with Crippen molar-refractivity contribution in [1.29, 1.82) is 0 Å². The van der Waals surface area contributed by atoms with Crippen LogP contribution in [-0.2, 0) is 4.74 Å². The summed E-state index contributed by atoms with van der Waals surface area (Å²) in [6.07, 6.45) is 2.23. The van der Waals surface area contributed by atoms with Crippen LogP contribution in [0.3, 0.4) is 0 Å². The van der Waals surface area contributed by atoms with Gasteiger partial charge in [-0.3, -0.25) is 4.79 Å². The van der Waals surface area contributed by atoms with Crippen LogP contribution in [0.25, 0.3) is 0 Å². The standard InChI is InChI=1S/C13H16O2S/c1-2-3-9-15-13(16)10-12(14)11-7-5-4-6-8-11/h4-8H,2-3,9-10H2,1H3. The SMILES string of the molecule is CCCCOC(=S)CC(=O)c1ccccc1. The molecule has 0 heterocycles. The van der Waals surface area contributed by atoms with Gasteiger partial charge in [-0.25, -0.2) is 0 Å². The summed E-state index contributed by atoms with van der Waals surface area (Å²) in [5.41, 5.74) is 0.684. The van der Waals surface area contributed by atoms with Crippen LogP contribution in [0, 0.1) is 0 Å². The first kappa shape index (κ1) is 12.8. The summed E-state index contributed by atoms with van der Waals surface area (Å²) in [5, 5.41) is 0.391. The summed E-state index contributed by atoms with van der Waals surface area (Å²) in [6.45, 7) is 2.69. The summed E-state index contributed by atoms with van der Waals surface area (Å²) >= 11 is 5.00. The summed E-state index contributed by atoms with van der Waals surface area (Å²) in [7, 11) is 0. The second-order valence-electron chi connectivity index (χ2n) is 3.54. The van der Waals surface area contributed by atoms with Crippen molar-refractivity contribution in [2.75, 3.05) is 6.61 Å². The number of benzene rings is 1. The van der Waals surface area contributed by atoms with Crippen molar-refractivity contribution < 1.29 is 9.53 Å². The van der Waals surface area contributed by atoms with E-state index < -0.39 is 0 Å². The zero-order valence-corrected chi connectivity index (χ0v) is 10.3. The Morgan fingerprint density at radius 2 is 2.00 bits per heavy atom. The van der Waals surface area contributed by atoms with Gasteiger partial charge in [0.05, 0.1) is 13.0 Å². The molecule has 0 bridgehead atoms. The minimum Gasteiger partial charge on any atom is -0.487 e. The van der Waals surface area contributed by atoms with Crippen molar-refractivity contribution in [3.05, 3.63) is 35.9 Å². The topological polar surface area (TPSA) is 26.3 Å². The highest BCUT2D eigenvalue weighted by Crippen LogP contribution is 2.05. The molecule has 0 amide bonds. The van der Waals surface area contributed by atoms with E-state index in [9.17, 15) is 4.79 Å². The van der Waals surface area contributed by atoms with Gasteiger partial charge in [0.1, 0.15) is 0 Å². The molecule has 0 aromatic heterocycles. The predicted molar refractivity (Wildman–Crippen MR) is 68.8 cm³/mol. The number of thiocarbonyl (C=S) groups is 1. The van der Waals surface area contributed by atoms with Crippen molar-refractivity contribution in [2.45, 2.75) is 26.2 Å². The number of rotatable bonds is 6. The zero-order chi connectivity index (χ0) is 11.8. The Kier molecular flexibility index (Phi) is 5.72. The fraction of sp³-hybridized carbons (Fsp3) is 0.385. The van der Waals surface area contributed by atoms with Gasteiger partial charge in [0.2, 0.25) is 0 Å². The highest BCUT2D eigenvalue weighted by Gasteiger charge is 2.08. The largest absolute Gasteiger partial charge is 0.487 e. The van der Waals surface area contributed by atoms with Gasteiger partial charge in [0.25, 0.3) is 0 Å². The highest BCUT2D eigenvalue weighted by molar-refractivity contribution is 7.80. The predicted octanol–water partition coefficient (Wildman–Crippen LogP) is 3.40. The third-order valence-corrected chi connectivity index (χ3v) is 2.42. The Morgan fingerprint density at radius 3 is 2.62 bits per heavy atom. The number of ether oxygens (including phenoxy) is 1. The number of carbonyl (C=O) groups is 1. The number of hydrogen-bond acceptors (Lipinski definition) is 3. The van der Waals surface area contributed by atoms with Crippen LogP contribution in [0.2, 0.25) is 0 Å². The third-order valence-electron chi connectivity index (χ3n) is 2.16. The molecule has 3 heteroatoms. The number of Topliss-reactive ketones (excluding diaryl/α,β-unsaturated/α-hetero) is 1. The van der Waals surface area contributed by atoms with Gasteiger partial charge in [0, 0.05) is 5.56 Å². The Balaban J connectivity index is 2.37. The molecule has 2 nitrogen and oxygen atoms in total. The number of unbranched alkanes of at least 4 members (excludes halogenated alkanes) is 1. The lowest BCUT2D eigenvalue weighted by Gasteiger charge is -2.05. The normalized spacial score (nSPS) is 9.81. The molecule has 1 aromatic carbocycles. The molecule has 0 unspecified atom stereocenters. The molecule has 1 rings (SSSR count). The first-order valence-corrected chi connectivity index (χ1v) is 5.88. The summed E-state index contributed by atoms with van der Waals surface area (Å²) in [4.78, 5) is 11.7. The molecule has 0 aliphatic heterocycles. The minimum atomic E-state index is 0.0158. The quantitative estimate of drug-likeness (QED) is 0.430. The van der Waals surface area contributed by atoms with Crippen molar-refractivity contribution in [3.63, 3.8) is 0 Å². The summed E-state index contributed by atoms with van der Waals surface area (Å²) < 4.78 is 5.29. The molecule has 0 fully saturated rings. The molecule has 16 heavy (non-hydrogen) atoms. The Hall–Kier alpha value is -1.22. The van der Waals surface area contributed by atoms with Gasteiger partial charge in [-0.1, -0.05) is 43.7 Å². The van der Waals surface area contributed by atoms with Gasteiger partial charge in [-0.2, -0.15) is 0 Å². The Labute approximate surface area is 102 Å². The van der Waals surface area contributed by atoms with Gasteiger partial charge >= 0.3 is 0 Å². The summed E-state index contributed by atoms with van der Waals surface area (Å²) in [6, 6.07) is 9.14. The lowest BCUT2D eigenvalue weighted by molar-refractivity contribution is 0.0994. The average molecular weight is 236 g/mol. The smallest absolute Gasteiger partial charge is 0.171 e. The molecule has 0 atom stereocenters. The van der Waals surface area contributed by atoms with E-state index in [4.69, 9.17) is 17.0 Å².